The van der Waals surface area contributed by atoms with Crippen LogP contribution in [0.25, 0.3) is 0 Å². The number of esters is 2. The van der Waals surface area contributed by atoms with Gasteiger partial charge in [0.1, 0.15) is 6.61 Å². The lowest BCUT2D eigenvalue weighted by atomic mass is 10.0. The van der Waals surface area contributed by atoms with E-state index in [0.29, 0.717) is 12.8 Å². The second kappa shape index (κ2) is 43.8. The molecular formula is C48H82NO8P. The van der Waals surface area contributed by atoms with Gasteiger partial charge in [0, 0.05) is 19.4 Å². The molecule has 0 aliphatic carbocycles. The second-order valence-corrected chi connectivity index (χ2v) is 16.0. The number of hydrogen-bond acceptors (Lipinski definition) is 8. The first-order valence-electron chi connectivity index (χ1n) is 22.6. The number of rotatable bonds is 41. The fourth-order valence-corrected chi connectivity index (χ4v) is 6.51. The van der Waals surface area contributed by atoms with Crippen LogP contribution < -0.4 is 5.73 Å². The third-order valence-corrected chi connectivity index (χ3v) is 10.0. The Hall–Kier alpha value is -2.81. The van der Waals surface area contributed by atoms with Gasteiger partial charge in [0.2, 0.25) is 0 Å². The van der Waals surface area contributed by atoms with Crippen molar-refractivity contribution >= 4 is 19.8 Å². The van der Waals surface area contributed by atoms with E-state index in [9.17, 15) is 19.0 Å². The van der Waals surface area contributed by atoms with Gasteiger partial charge in [0.15, 0.2) is 6.10 Å². The Bertz CT molecular complexity index is 1220. The Kier molecular flexibility index (Phi) is 41.6. The zero-order valence-corrected chi connectivity index (χ0v) is 37.4. The third kappa shape index (κ3) is 42.8. The van der Waals surface area contributed by atoms with Gasteiger partial charge in [-0.1, -0.05) is 182 Å². The summed E-state index contributed by atoms with van der Waals surface area (Å²) >= 11 is 0. The van der Waals surface area contributed by atoms with Gasteiger partial charge < -0.3 is 20.1 Å². The summed E-state index contributed by atoms with van der Waals surface area (Å²) in [6.07, 6.45) is 54.8. The van der Waals surface area contributed by atoms with Crippen molar-refractivity contribution in [2.45, 2.75) is 180 Å². The lowest BCUT2D eigenvalue weighted by Crippen LogP contribution is -2.29. The number of unbranched alkanes of at least 4 members (excludes halogenated alkanes) is 14. The van der Waals surface area contributed by atoms with Crippen LogP contribution in [0.3, 0.4) is 0 Å². The van der Waals surface area contributed by atoms with E-state index in [0.717, 1.165) is 64.2 Å². The molecule has 0 spiro atoms. The molecule has 10 heteroatoms. The number of carbonyl (C=O) groups is 2. The predicted octanol–water partition coefficient (Wildman–Crippen LogP) is 13.2. The molecule has 0 radical (unpaired) electrons. The smallest absolute Gasteiger partial charge is 0.462 e. The van der Waals surface area contributed by atoms with Gasteiger partial charge in [-0.15, -0.1) is 0 Å². The van der Waals surface area contributed by atoms with Gasteiger partial charge in [-0.3, -0.25) is 18.6 Å². The highest BCUT2D eigenvalue weighted by atomic mass is 31.2. The van der Waals surface area contributed by atoms with Crippen molar-refractivity contribution in [3.05, 3.63) is 85.1 Å². The zero-order valence-electron chi connectivity index (χ0n) is 36.5. The number of phosphoric ester groups is 1. The van der Waals surface area contributed by atoms with Crippen LogP contribution in [0.5, 0.6) is 0 Å². The number of nitrogens with two attached hydrogens (primary N) is 1. The van der Waals surface area contributed by atoms with Gasteiger partial charge in [0.25, 0.3) is 0 Å². The first kappa shape index (κ1) is 55.2. The molecule has 0 rings (SSSR count). The van der Waals surface area contributed by atoms with Crippen molar-refractivity contribution in [3.63, 3.8) is 0 Å². The molecule has 0 aromatic heterocycles. The lowest BCUT2D eigenvalue weighted by Gasteiger charge is -2.19. The van der Waals surface area contributed by atoms with Gasteiger partial charge in [-0.25, -0.2) is 4.57 Å². The van der Waals surface area contributed by atoms with Gasteiger partial charge in [0.05, 0.1) is 13.2 Å². The Morgan fingerprint density at radius 3 is 1.40 bits per heavy atom. The summed E-state index contributed by atoms with van der Waals surface area (Å²) in [7, 11) is -4.40. The van der Waals surface area contributed by atoms with Crippen molar-refractivity contribution < 1.29 is 37.6 Å². The van der Waals surface area contributed by atoms with Crippen LogP contribution in [-0.4, -0.2) is 49.3 Å². The minimum Gasteiger partial charge on any atom is -0.462 e. The Morgan fingerprint density at radius 1 is 0.534 bits per heavy atom. The maximum atomic E-state index is 12.6. The average Bonchev–Trinajstić information content (AvgIpc) is 3.21. The zero-order chi connectivity index (χ0) is 42.5. The van der Waals surface area contributed by atoms with Crippen molar-refractivity contribution in [1.82, 2.24) is 0 Å². The first-order valence-corrected chi connectivity index (χ1v) is 24.1. The SMILES string of the molecule is CC/C=C\C/C=C\C/C=C\C/C=C\C/C=C\C/C=C\C/C=C\CCCC(=O)OC(COC(=O)CCCCCCCCCCCCCCCC)COP(=O)(O)OCCN. The molecule has 0 aliphatic rings. The topological polar surface area (TPSA) is 134 Å². The molecule has 0 amide bonds. The predicted molar refractivity (Wildman–Crippen MR) is 242 cm³/mol. The molecule has 332 valence electrons. The van der Waals surface area contributed by atoms with Crippen molar-refractivity contribution in [2.24, 2.45) is 5.73 Å². The van der Waals surface area contributed by atoms with Crippen molar-refractivity contribution in [3.8, 4) is 0 Å². The highest BCUT2D eigenvalue weighted by molar-refractivity contribution is 7.47. The Morgan fingerprint density at radius 2 is 0.948 bits per heavy atom. The summed E-state index contributed by atoms with van der Waals surface area (Å²) in [5.41, 5.74) is 5.35. The van der Waals surface area contributed by atoms with Gasteiger partial charge >= 0.3 is 19.8 Å². The molecule has 58 heavy (non-hydrogen) atoms. The molecule has 0 saturated heterocycles. The van der Waals surface area contributed by atoms with Crippen molar-refractivity contribution in [1.29, 1.82) is 0 Å². The Balaban J connectivity index is 4.26. The molecule has 0 bridgehead atoms. The van der Waals surface area contributed by atoms with Gasteiger partial charge in [-0.2, -0.15) is 0 Å². The van der Waals surface area contributed by atoms with Crippen LogP contribution in [0, 0.1) is 0 Å². The quantitative estimate of drug-likeness (QED) is 0.0267. The van der Waals surface area contributed by atoms with Crippen LogP contribution in [0.15, 0.2) is 85.1 Å². The maximum Gasteiger partial charge on any atom is 0.472 e. The molecule has 0 aromatic carbocycles. The van der Waals surface area contributed by atoms with Crippen LogP contribution in [-0.2, 0) is 32.7 Å². The van der Waals surface area contributed by atoms with Crippen LogP contribution in [0.4, 0.5) is 0 Å². The molecule has 0 aromatic rings. The maximum absolute atomic E-state index is 12.6. The van der Waals surface area contributed by atoms with Crippen LogP contribution in [0.2, 0.25) is 0 Å². The van der Waals surface area contributed by atoms with Gasteiger partial charge in [-0.05, 0) is 64.2 Å². The molecule has 0 saturated carbocycles. The minimum absolute atomic E-state index is 0.0407. The fourth-order valence-electron chi connectivity index (χ4n) is 5.74. The third-order valence-electron chi connectivity index (χ3n) is 9.05. The number of hydrogen-bond donors (Lipinski definition) is 2. The summed E-state index contributed by atoms with van der Waals surface area (Å²) in [6, 6.07) is 0. The van der Waals surface area contributed by atoms with E-state index < -0.39 is 32.5 Å². The average molecular weight is 832 g/mol. The van der Waals surface area contributed by atoms with E-state index in [-0.39, 0.29) is 32.6 Å². The van der Waals surface area contributed by atoms with Crippen LogP contribution >= 0.6 is 7.82 Å². The molecule has 2 atom stereocenters. The molecule has 9 nitrogen and oxygen atoms in total. The van der Waals surface area contributed by atoms with E-state index in [1.54, 1.807) is 0 Å². The van der Waals surface area contributed by atoms with E-state index >= 15 is 0 Å². The monoisotopic (exact) mass is 832 g/mol. The summed E-state index contributed by atoms with van der Waals surface area (Å²) < 4.78 is 32.7. The van der Waals surface area contributed by atoms with E-state index in [1.165, 1.54) is 70.6 Å². The summed E-state index contributed by atoms with van der Waals surface area (Å²) in [4.78, 5) is 34.9. The number of ether oxygens (including phenoxy) is 2. The van der Waals surface area contributed by atoms with Crippen molar-refractivity contribution in [2.75, 3.05) is 26.4 Å². The van der Waals surface area contributed by atoms with E-state index in [2.05, 4.69) is 92.8 Å². The summed E-state index contributed by atoms with van der Waals surface area (Å²) in [5, 5.41) is 0. The number of phosphoric acid groups is 1. The normalized spacial score (nSPS) is 14.1. The molecule has 0 fully saturated rings. The molecule has 2 unspecified atom stereocenters. The highest BCUT2D eigenvalue weighted by Gasteiger charge is 2.25. The standard InChI is InChI=1S/C48H82NO8P/c1-3-5-7-9-11-13-15-17-19-20-21-22-23-24-25-26-27-29-31-33-35-37-39-41-48(51)57-46(45-56-58(52,53)55-43-42-49)44-54-47(50)40-38-36-34-32-30-28-18-16-14-12-10-8-6-4-2/h5,7,11,13,17,19,21-22,24-25,27,29,33,35,46H,3-4,6,8-10,12,14-16,18,20,23,26,28,30-32,34,36-45,49H2,1-2H3,(H,52,53)/b7-5-,13-11-,19-17-,22-21-,25-24-,29-27-,35-33-. The van der Waals surface area contributed by atoms with E-state index in [4.69, 9.17) is 24.3 Å². The molecule has 3 N–H and O–H groups in total. The highest BCUT2D eigenvalue weighted by Crippen LogP contribution is 2.43. The summed E-state index contributed by atoms with van der Waals surface area (Å²) in [5.74, 6) is -0.902. The molecular weight excluding hydrogens is 750 g/mol. The minimum atomic E-state index is -4.40. The molecule has 0 heterocycles. The lowest BCUT2D eigenvalue weighted by molar-refractivity contribution is -0.161. The van der Waals surface area contributed by atoms with Crippen LogP contribution in [0.1, 0.15) is 174 Å². The molecule has 0 aliphatic heterocycles. The summed E-state index contributed by atoms with van der Waals surface area (Å²) in [6.45, 7) is 3.54. The number of carbonyl (C=O) groups excluding carboxylic acids is 2. The fraction of sp³-hybridized carbons (Fsp3) is 0.667. The first-order chi connectivity index (χ1) is 28.3. The van der Waals surface area contributed by atoms with E-state index in [1.807, 2.05) is 6.08 Å². The number of allylic oxidation sites excluding steroid dienone is 14. The largest absolute Gasteiger partial charge is 0.472 e. The second-order valence-electron chi connectivity index (χ2n) is 14.5. The Labute approximate surface area is 354 Å².